The molecule has 0 radical (unpaired) electrons. The molecule has 0 saturated carbocycles. The number of aromatic nitrogens is 1. The molecule has 0 aliphatic carbocycles. The van der Waals surface area contributed by atoms with E-state index in [4.69, 9.17) is 0 Å². The molecule has 2 aliphatic heterocycles. The smallest absolute Gasteiger partial charge is 0.308 e. The number of carbonyl (C=O) groups excluding carboxylic acids is 3. The average Bonchev–Trinajstić information content (AvgIpc) is 3.44. The molecule has 7 nitrogen and oxygen atoms in total. The van der Waals surface area contributed by atoms with E-state index in [1.54, 1.807) is 0 Å². The number of benzene rings is 4. The van der Waals surface area contributed by atoms with E-state index in [9.17, 15) is 23.6 Å². The molecule has 214 valence electrons. The van der Waals surface area contributed by atoms with Crippen LogP contribution in [0, 0.1) is 11.7 Å². The summed E-state index contributed by atoms with van der Waals surface area (Å²) in [4.78, 5) is 55.7. The fraction of sp³-hybridized carbons (Fsp3) is 0.125. The van der Waals surface area contributed by atoms with Crippen LogP contribution in [-0.2, 0) is 20.9 Å². The first-order chi connectivity index (χ1) is 20.8. The van der Waals surface area contributed by atoms with Crippen LogP contribution < -0.4 is 15.1 Å². The molecule has 7 rings (SSSR count). The molecule has 5 aromatic rings. The van der Waals surface area contributed by atoms with Gasteiger partial charge in [0.05, 0.1) is 16.6 Å². The molecule has 11 heteroatoms. The van der Waals surface area contributed by atoms with Gasteiger partial charge in [-0.05, 0) is 64.9 Å². The third-order valence-corrected chi connectivity index (χ3v) is 10.8. The number of anilines is 2. The first kappa shape index (κ1) is 27.8. The quantitative estimate of drug-likeness (QED) is 0.218. The van der Waals surface area contributed by atoms with Crippen LogP contribution in [0.2, 0.25) is 0 Å². The summed E-state index contributed by atoms with van der Waals surface area (Å²) in [6.07, 6.45) is 0. The Morgan fingerprint density at radius 1 is 0.884 bits per heavy atom. The number of imide groups is 1. The van der Waals surface area contributed by atoms with Crippen LogP contribution in [0.4, 0.5) is 15.8 Å². The summed E-state index contributed by atoms with van der Waals surface area (Å²) in [7, 11) is 0. The first-order valence-electron chi connectivity index (χ1n) is 13.4. The standard InChI is InChI=1S/C32H21BrFN3O4S2/c33-20-8-5-18(6-9-20)25-26-27(30(40)37(29(26)39)23-13-10-21(34)11-14-23)42-31-28(25)43-32(41)36(31)16-24(38)35-22-12-7-17-3-1-2-4-19(17)15-22/h1-15,25-27H,16H2,(H,35,38)/t25-,26-,27+/m0/s1. The van der Waals surface area contributed by atoms with Gasteiger partial charge < -0.3 is 5.32 Å². The zero-order chi connectivity index (χ0) is 29.8. The third kappa shape index (κ3) is 4.91. The lowest BCUT2D eigenvalue weighted by atomic mass is 9.83. The van der Waals surface area contributed by atoms with E-state index in [1.807, 2.05) is 66.7 Å². The number of nitrogens with one attached hydrogen (secondary N) is 1. The Bertz CT molecular complexity index is 1990. The van der Waals surface area contributed by atoms with Gasteiger partial charge in [0.15, 0.2) is 0 Å². The average molecular weight is 675 g/mol. The topological polar surface area (TPSA) is 88.5 Å². The van der Waals surface area contributed by atoms with Crippen LogP contribution in [0.5, 0.6) is 0 Å². The van der Waals surface area contributed by atoms with Gasteiger partial charge in [-0.25, -0.2) is 9.29 Å². The predicted octanol–water partition coefficient (Wildman–Crippen LogP) is 6.40. The Morgan fingerprint density at radius 3 is 2.35 bits per heavy atom. The van der Waals surface area contributed by atoms with Crippen LogP contribution in [0.3, 0.4) is 0 Å². The highest BCUT2D eigenvalue weighted by molar-refractivity contribution is 9.10. The molecule has 1 N–H and O–H groups in total. The summed E-state index contributed by atoms with van der Waals surface area (Å²) in [5.41, 5.74) is 1.67. The van der Waals surface area contributed by atoms with Crippen LogP contribution >= 0.6 is 39.0 Å². The van der Waals surface area contributed by atoms with Crippen molar-refractivity contribution in [2.45, 2.75) is 22.7 Å². The molecule has 1 aromatic heterocycles. The summed E-state index contributed by atoms with van der Waals surface area (Å²) >= 11 is 5.57. The Labute approximate surface area is 261 Å². The summed E-state index contributed by atoms with van der Waals surface area (Å²) in [6.45, 7) is -0.251. The summed E-state index contributed by atoms with van der Waals surface area (Å²) < 4.78 is 15.9. The maximum absolute atomic E-state index is 13.9. The van der Waals surface area contributed by atoms with E-state index in [0.717, 1.165) is 48.8 Å². The van der Waals surface area contributed by atoms with E-state index < -0.39 is 34.7 Å². The zero-order valence-electron chi connectivity index (χ0n) is 22.2. The maximum atomic E-state index is 13.9. The largest absolute Gasteiger partial charge is 0.325 e. The van der Waals surface area contributed by atoms with Crippen molar-refractivity contribution in [2.24, 2.45) is 5.92 Å². The van der Waals surface area contributed by atoms with E-state index in [1.165, 1.54) is 28.8 Å². The normalized spacial score (nSPS) is 19.4. The predicted molar refractivity (Wildman–Crippen MR) is 169 cm³/mol. The minimum Gasteiger partial charge on any atom is -0.325 e. The van der Waals surface area contributed by atoms with E-state index in [-0.39, 0.29) is 23.0 Å². The molecule has 3 amide bonds. The van der Waals surface area contributed by atoms with Crippen molar-refractivity contribution in [3.8, 4) is 0 Å². The number of hydrogen-bond donors (Lipinski definition) is 1. The number of fused-ring (bicyclic) bond motifs is 3. The molecule has 43 heavy (non-hydrogen) atoms. The second-order valence-electron chi connectivity index (χ2n) is 10.3. The number of hydrogen-bond acceptors (Lipinski definition) is 6. The van der Waals surface area contributed by atoms with Crippen LogP contribution in [0.25, 0.3) is 10.8 Å². The lowest BCUT2D eigenvalue weighted by Crippen LogP contribution is -2.33. The molecular weight excluding hydrogens is 653 g/mol. The zero-order valence-corrected chi connectivity index (χ0v) is 25.4. The second-order valence-corrected chi connectivity index (χ2v) is 13.4. The molecule has 4 aromatic carbocycles. The molecule has 0 unspecified atom stereocenters. The Kier molecular flexibility index (Phi) is 7.03. The molecule has 3 heterocycles. The van der Waals surface area contributed by atoms with Gasteiger partial charge in [0.25, 0.3) is 0 Å². The Morgan fingerprint density at radius 2 is 1.60 bits per heavy atom. The van der Waals surface area contributed by atoms with Crippen molar-refractivity contribution < 1.29 is 18.8 Å². The molecule has 1 fully saturated rings. The van der Waals surface area contributed by atoms with Crippen molar-refractivity contribution in [3.63, 3.8) is 0 Å². The monoisotopic (exact) mass is 673 g/mol. The van der Waals surface area contributed by atoms with Gasteiger partial charge in [-0.3, -0.25) is 23.7 Å². The lowest BCUT2D eigenvalue weighted by Gasteiger charge is -2.30. The van der Waals surface area contributed by atoms with E-state index in [0.29, 0.717) is 15.6 Å². The molecule has 0 spiro atoms. The summed E-state index contributed by atoms with van der Waals surface area (Å²) in [5.74, 6) is -3.08. The number of thioether (sulfide) groups is 1. The van der Waals surface area contributed by atoms with Gasteiger partial charge in [0, 0.05) is 21.0 Å². The van der Waals surface area contributed by atoms with Gasteiger partial charge in [-0.1, -0.05) is 81.5 Å². The fourth-order valence-electron chi connectivity index (χ4n) is 5.74. The van der Waals surface area contributed by atoms with Crippen LogP contribution in [0.15, 0.2) is 105 Å². The Balaban J connectivity index is 1.26. The molecular formula is C32H21BrFN3O4S2. The number of carbonyl (C=O) groups is 3. The number of halogens is 2. The number of thiazole rings is 1. The van der Waals surface area contributed by atoms with Crippen molar-refractivity contribution in [1.82, 2.24) is 4.57 Å². The van der Waals surface area contributed by atoms with Crippen molar-refractivity contribution in [2.75, 3.05) is 10.2 Å². The lowest BCUT2D eigenvalue weighted by molar-refractivity contribution is -0.122. The minimum atomic E-state index is -0.831. The molecule has 1 saturated heterocycles. The highest BCUT2D eigenvalue weighted by Crippen LogP contribution is 2.54. The minimum absolute atomic E-state index is 0.251. The van der Waals surface area contributed by atoms with Gasteiger partial charge in [-0.15, -0.1) is 0 Å². The number of nitrogens with zero attached hydrogens (tertiary/aromatic N) is 2. The third-order valence-electron chi connectivity index (χ3n) is 7.70. The maximum Gasteiger partial charge on any atom is 0.308 e. The molecule has 2 aliphatic rings. The summed E-state index contributed by atoms with van der Waals surface area (Å²) in [6, 6.07) is 26.1. The van der Waals surface area contributed by atoms with Gasteiger partial charge in [0.2, 0.25) is 17.7 Å². The highest BCUT2D eigenvalue weighted by atomic mass is 79.9. The number of rotatable bonds is 5. The van der Waals surface area contributed by atoms with Crippen molar-refractivity contribution in [1.29, 1.82) is 0 Å². The first-order valence-corrected chi connectivity index (χ1v) is 15.8. The van der Waals surface area contributed by atoms with E-state index >= 15 is 0 Å². The van der Waals surface area contributed by atoms with Gasteiger partial charge in [-0.2, -0.15) is 0 Å². The van der Waals surface area contributed by atoms with Gasteiger partial charge >= 0.3 is 4.87 Å². The molecule has 3 atom stereocenters. The van der Waals surface area contributed by atoms with E-state index in [2.05, 4.69) is 21.2 Å². The molecule has 0 bridgehead atoms. The SMILES string of the molecule is O=C(Cn1c2c(sc1=O)[C@@H](c1ccc(Br)cc1)[C@@H]1C(=O)N(c3ccc(F)cc3)C(=O)[C@@H]1S2)Nc1ccc2ccccc2c1. The number of amides is 3. The Hall–Kier alpha value is -4.06. The second kappa shape index (κ2) is 10.9. The fourth-order valence-corrected chi connectivity index (χ4v) is 8.78. The van der Waals surface area contributed by atoms with Crippen LogP contribution in [0.1, 0.15) is 16.4 Å². The van der Waals surface area contributed by atoms with Crippen molar-refractivity contribution in [3.05, 3.63) is 121 Å². The summed E-state index contributed by atoms with van der Waals surface area (Å²) in [5, 5.41) is 4.56. The highest BCUT2D eigenvalue weighted by Gasteiger charge is 2.56. The van der Waals surface area contributed by atoms with Gasteiger partial charge in [0.1, 0.15) is 17.6 Å². The van der Waals surface area contributed by atoms with Crippen LogP contribution in [-0.4, -0.2) is 27.5 Å². The van der Waals surface area contributed by atoms with Crippen molar-refractivity contribution >= 4 is 78.9 Å².